The summed E-state index contributed by atoms with van der Waals surface area (Å²) in [4.78, 5) is 17.4. The van der Waals surface area contributed by atoms with Crippen molar-refractivity contribution in [3.8, 4) is 5.69 Å². The minimum Gasteiger partial charge on any atom is -0.295 e. The molecule has 0 bridgehead atoms. The molecule has 0 saturated heterocycles. The molecule has 0 aliphatic heterocycles. The van der Waals surface area contributed by atoms with E-state index in [0.29, 0.717) is 11.3 Å². The van der Waals surface area contributed by atoms with E-state index in [-0.39, 0.29) is 5.56 Å². The summed E-state index contributed by atoms with van der Waals surface area (Å²) in [6, 6.07) is 17.7. The maximum Gasteiger partial charge on any atom is 0.280 e. The van der Waals surface area contributed by atoms with Crippen molar-refractivity contribution in [2.24, 2.45) is 4.99 Å². The van der Waals surface area contributed by atoms with E-state index >= 15 is 0 Å². The number of rotatable bonds is 4. The van der Waals surface area contributed by atoms with Gasteiger partial charge in [0.05, 0.1) is 22.6 Å². The molecule has 0 radical (unpaired) electrons. The molecule has 2 aromatic carbocycles. The summed E-state index contributed by atoms with van der Waals surface area (Å²) in [5.74, 6) is 0. The highest BCUT2D eigenvalue weighted by Crippen LogP contribution is 2.16. The summed E-state index contributed by atoms with van der Waals surface area (Å²) in [7, 11) is 0. The van der Waals surface area contributed by atoms with Gasteiger partial charge in [0.15, 0.2) is 0 Å². The molecule has 0 fully saturated rings. The van der Waals surface area contributed by atoms with E-state index in [0.717, 1.165) is 23.5 Å². The van der Waals surface area contributed by atoms with Crippen LogP contribution >= 0.6 is 0 Å². The standard InChI is InChI=1S/C20H21N3O/c1-4-16-10-12-17(13-11-16)21-14(2)19-15(3)22-23(20(19)24)18-8-6-5-7-9-18/h5-13,22H,4H2,1-3H3. The lowest BCUT2D eigenvalue weighted by Crippen LogP contribution is -2.19. The van der Waals surface area contributed by atoms with Gasteiger partial charge in [-0.2, -0.15) is 0 Å². The van der Waals surface area contributed by atoms with E-state index < -0.39 is 0 Å². The zero-order valence-corrected chi connectivity index (χ0v) is 14.2. The Morgan fingerprint density at radius 1 is 1.08 bits per heavy atom. The molecule has 1 aromatic heterocycles. The largest absolute Gasteiger partial charge is 0.295 e. The van der Waals surface area contributed by atoms with E-state index in [4.69, 9.17) is 0 Å². The lowest BCUT2D eigenvalue weighted by Gasteiger charge is -2.01. The second-order valence-electron chi connectivity index (χ2n) is 5.81. The van der Waals surface area contributed by atoms with Gasteiger partial charge in [0, 0.05) is 5.69 Å². The van der Waals surface area contributed by atoms with Crippen LogP contribution in [0.1, 0.15) is 30.7 Å². The average Bonchev–Trinajstić information content (AvgIpc) is 2.91. The van der Waals surface area contributed by atoms with Gasteiger partial charge in [-0.05, 0) is 50.1 Å². The van der Waals surface area contributed by atoms with Crippen LogP contribution in [0.25, 0.3) is 5.69 Å². The first-order chi connectivity index (χ1) is 11.6. The molecule has 0 aliphatic rings. The molecule has 4 nitrogen and oxygen atoms in total. The highest BCUT2D eigenvalue weighted by atomic mass is 16.1. The Bertz CT molecular complexity index is 916. The molecule has 0 aliphatic carbocycles. The van der Waals surface area contributed by atoms with Crippen molar-refractivity contribution in [3.63, 3.8) is 0 Å². The molecule has 1 N–H and O–H groups in total. The number of aryl methyl sites for hydroxylation is 2. The van der Waals surface area contributed by atoms with Gasteiger partial charge in [-0.1, -0.05) is 37.3 Å². The third kappa shape index (κ3) is 3.08. The molecular weight excluding hydrogens is 298 g/mol. The Morgan fingerprint density at radius 2 is 1.75 bits per heavy atom. The van der Waals surface area contributed by atoms with Crippen molar-refractivity contribution in [2.75, 3.05) is 0 Å². The van der Waals surface area contributed by atoms with E-state index in [1.165, 1.54) is 5.56 Å². The number of nitrogens with one attached hydrogen (secondary N) is 1. The second kappa shape index (κ2) is 6.71. The van der Waals surface area contributed by atoms with Crippen LogP contribution in [0.15, 0.2) is 64.4 Å². The van der Waals surface area contributed by atoms with E-state index in [1.807, 2.05) is 56.3 Å². The lowest BCUT2D eigenvalue weighted by atomic mass is 10.1. The molecule has 1 heterocycles. The van der Waals surface area contributed by atoms with Gasteiger partial charge in [0.1, 0.15) is 0 Å². The summed E-state index contributed by atoms with van der Waals surface area (Å²) in [6.07, 6.45) is 1.00. The van der Waals surface area contributed by atoms with Crippen molar-refractivity contribution in [1.82, 2.24) is 9.78 Å². The first kappa shape index (κ1) is 16.0. The molecule has 3 aromatic rings. The molecular formula is C20H21N3O. The number of nitrogens with zero attached hydrogens (tertiary/aromatic N) is 2. The number of hydrogen-bond acceptors (Lipinski definition) is 2. The van der Waals surface area contributed by atoms with Crippen LogP contribution in [-0.4, -0.2) is 15.5 Å². The Kier molecular flexibility index (Phi) is 4.47. The van der Waals surface area contributed by atoms with Crippen LogP contribution in [0, 0.1) is 6.92 Å². The van der Waals surface area contributed by atoms with Crippen LogP contribution in [0.3, 0.4) is 0 Å². The third-order valence-corrected chi connectivity index (χ3v) is 4.09. The van der Waals surface area contributed by atoms with Crippen molar-refractivity contribution in [3.05, 3.63) is 81.8 Å². The number of aliphatic imine (C=N–C) groups is 1. The van der Waals surface area contributed by atoms with Crippen LogP contribution in [0.5, 0.6) is 0 Å². The van der Waals surface area contributed by atoms with Crippen molar-refractivity contribution in [2.45, 2.75) is 27.2 Å². The molecule has 0 saturated carbocycles. The summed E-state index contributed by atoms with van der Waals surface area (Å²) in [5.41, 5.74) is 5.02. The molecule has 122 valence electrons. The number of para-hydroxylation sites is 1. The smallest absolute Gasteiger partial charge is 0.280 e. The van der Waals surface area contributed by atoms with E-state index in [1.54, 1.807) is 4.68 Å². The summed E-state index contributed by atoms with van der Waals surface area (Å²) in [5, 5.41) is 3.14. The molecule has 0 atom stereocenters. The Hall–Kier alpha value is -2.88. The van der Waals surface area contributed by atoms with Gasteiger partial charge in [0.2, 0.25) is 0 Å². The predicted molar refractivity (Wildman–Crippen MR) is 98.8 cm³/mol. The van der Waals surface area contributed by atoms with Crippen molar-refractivity contribution >= 4 is 11.4 Å². The van der Waals surface area contributed by atoms with Gasteiger partial charge >= 0.3 is 0 Å². The van der Waals surface area contributed by atoms with E-state index in [2.05, 4.69) is 29.1 Å². The van der Waals surface area contributed by atoms with Crippen LogP contribution in [0.4, 0.5) is 5.69 Å². The van der Waals surface area contributed by atoms with Gasteiger partial charge in [-0.25, -0.2) is 4.68 Å². The quantitative estimate of drug-likeness (QED) is 0.721. The lowest BCUT2D eigenvalue weighted by molar-refractivity contribution is 0.835. The number of aromatic amines is 1. The topological polar surface area (TPSA) is 50.1 Å². The Morgan fingerprint density at radius 3 is 2.38 bits per heavy atom. The molecule has 3 rings (SSSR count). The number of H-pyrrole nitrogens is 1. The second-order valence-corrected chi connectivity index (χ2v) is 5.81. The number of hydrogen-bond donors (Lipinski definition) is 1. The van der Waals surface area contributed by atoms with Crippen LogP contribution < -0.4 is 5.56 Å². The number of benzene rings is 2. The minimum absolute atomic E-state index is 0.0786. The van der Waals surface area contributed by atoms with Gasteiger partial charge in [-0.15, -0.1) is 0 Å². The van der Waals surface area contributed by atoms with Gasteiger partial charge < -0.3 is 0 Å². The highest BCUT2D eigenvalue weighted by molar-refractivity contribution is 6.00. The first-order valence-corrected chi connectivity index (χ1v) is 8.11. The first-order valence-electron chi connectivity index (χ1n) is 8.11. The highest BCUT2D eigenvalue weighted by Gasteiger charge is 2.14. The maximum absolute atomic E-state index is 12.8. The molecule has 0 spiro atoms. The normalized spacial score (nSPS) is 11.7. The zero-order chi connectivity index (χ0) is 17.1. The summed E-state index contributed by atoms with van der Waals surface area (Å²) >= 11 is 0. The summed E-state index contributed by atoms with van der Waals surface area (Å²) < 4.78 is 1.56. The fraction of sp³-hybridized carbons (Fsp3) is 0.200. The Labute approximate surface area is 141 Å². The fourth-order valence-corrected chi connectivity index (χ4v) is 2.79. The number of aromatic nitrogens is 2. The molecule has 4 heteroatoms. The zero-order valence-electron chi connectivity index (χ0n) is 14.2. The molecule has 24 heavy (non-hydrogen) atoms. The SMILES string of the molecule is CCc1ccc(N=C(C)c2c(C)[nH]n(-c3ccccc3)c2=O)cc1. The van der Waals surface area contributed by atoms with Gasteiger partial charge in [0.25, 0.3) is 5.56 Å². The Balaban J connectivity index is 2.01. The molecule has 0 amide bonds. The summed E-state index contributed by atoms with van der Waals surface area (Å²) in [6.45, 7) is 5.90. The minimum atomic E-state index is -0.0786. The van der Waals surface area contributed by atoms with Crippen LogP contribution in [0.2, 0.25) is 0 Å². The fourth-order valence-electron chi connectivity index (χ4n) is 2.79. The van der Waals surface area contributed by atoms with E-state index in [9.17, 15) is 4.79 Å². The van der Waals surface area contributed by atoms with Gasteiger partial charge in [-0.3, -0.25) is 14.9 Å². The molecule has 0 unspecified atom stereocenters. The maximum atomic E-state index is 12.8. The van der Waals surface area contributed by atoms with Crippen LogP contribution in [-0.2, 0) is 6.42 Å². The van der Waals surface area contributed by atoms with Crippen molar-refractivity contribution < 1.29 is 0 Å². The van der Waals surface area contributed by atoms with Crippen molar-refractivity contribution in [1.29, 1.82) is 0 Å². The predicted octanol–water partition coefficient (Wildman–Crippen LogP) is 4.18. The third-order valence-electron chi connectivity index (χ3n) is 4.09. The monoisotopic (exact) mass is 319 g/mol. The average molecular weight is 319 g/mol.